The van der Waals surface area contributed by atoms with Gasteiger partial charge in [0, 0.05) is 19.8 Å². The number of nitrogens with two attached hydrogens (primary N) is 1. The molecular weight excluding hydrogens is 214 g/mol. The molecule has 0 radical (unpaired) electrons. The smallest absolute Gasteiger partial charge is 0.152 e. The van der Waals surface area contributed by atoms with E-state index in [1.807, 2.05) is 26.0 Å². The summed E-state index contributed by atoms with van der Waals surface area (Å²) in [7, 11) is 6.03. The Morgan fingerprint density at radius 2 is 2.06 bits per heavy atom. The van der Waals surface area contributed by atoms with E-state index >= 15 is 0 Å². The second-order valence-corrected chi connectivity index (χ2v) is 4.29. The standard InChI is InChI=1S/C12H19N5/c1-16(2)7-4-8-17(3)12-11(14)10(9-13)5-6-15-12/h5-6H,4,7-8,14H2,1-3H3. The van der Waals surface area contributed by atoms with E-state index < -0.39 is 0 Å². The first-order chi connectivity index (χ1) is 8.06. The first-order valence-corrected chi connectivity index (χ1v) is 5.56. The molecule has 0 aromatic carbocycles. The summed E-state index contributed by atoms with van der Waals surface area (Å²) in [4.78, 5) is 8.34. The lowest BCUT2D eigenvalue weighted by molar-refractivity contribution is 0.401. The quantitative estimate of drug-likeness (QED) is 0.819. The van der Waals surface area contributed by atoms with Gasteiger partial charge >= 0.3 is 0 Å². The van der Waals surface area contributed by atoms with E-state index in [0.29, 0.717) is 17.1 Å². The number of pyridine rings is 1. The van der Waals surface area contributed by atoms with Crippen LogP contribution in [0.2, 0.25) is 0 Å². The van der Waals surface area contributed by atoms with Gasteiger partial charge in [-0.05, 0) is 33.1 Å². The van der Waals surface area contributed by atoms with Crippen molar-refractivity contribution in [3.05, 3.63) is 17.8 Å². The first-order valence-electron chi connectivity index (χ1n) is 5.56. The summed E-state index contributed by atoms with van der Waals surface area (Å²) in [6.07, 6.45) is 2.65. The van der Waals surface area contributed by atoms with E-state index in [0.717, 1.165) is 19.5 Å². The summed E-state index contributed by atoms with van der Waals surface area (Å²) in [6.45, 7) is 1.88. The van der Waals surface area contributed by atoms with Gasteiger partial charge in [-0.3, -0.25) is 0 Å². The second-order valence-electron chi connectivity index (χ2n) is 4.29. The summed E-state index contributed by atoms with van der Waals surface area (Å²) in [6, 6.07) is 3.70. The van der Waals surface area contributed by atoms with E-state index in [-0.39, 0.29) is 0 Å². The first kappa shape index (κ1) is 13.3. The van der Waals surface area contributed by atoms with Gasteiger partial charge in [-0.1, -0.05) is 0 Å². The van der Waals surface area contributed by atoms with Crippen molar-refractivity contribution >= 4 is 11.5 Å². The maximum Gasteiger partial charge on any atom is 0.152 e. The van der Waals surface area contributed by atoms with Gasteiger partial charge in [0.05, 0.1) is 11.3 Å². The van der Waals surface area contributed by atoms with E-state index in [2.05, 4.69) is 16.0 Å². The number of aromatic nitrogens is 1. The van der Waals surface area contributed by atoms with Crippen LogP contribution in [0.25, 0.3) is 0 Å². The molecule has 0 aliphatic carbocycles. The molecule has 0 fully saturated rings. The normalized spacial score (nSPS) is 10.3. The number of nitriles is 1. The Balaban J connectivity index is 2.69. The third kappa shape index (κ3) is 3.61. The van der Waals surface area contributed by atoms with Crippen LogP contribution in [0.5, 0.6) is 0 Å². The fourth-order valence-corrected chi connectivity index (χ4v) is 1.59. The van der Waals surface area contributed by atoms with Crippen molar-refractivity contribution in [2.45, 2.75) is 6.42 Å². The van der Waals surface area contributed by atoms with Crippen LogP contribution in [0, 0.1) is 11.3 Å². The average Bonchev–Trinajstić information content (AvgIpc) is 2.28. The Hall–Kier alpha value is -1.80. The van der Waals surface area contributed by atoms with Crippen LogP contribution in [0.1, 0.15) is 12.0 Å². The predicted molar refractivity (Wildman–Crippen MR) is 69.8 cm³/mol. The molecular formula is C12H19N5. The Bertz CT molecular complexity index is 408. The number of rotatable bonds is 5. The molecule has 0 amide bonds. The Labute approximate surface area is 102 Å². The highest BCUT2D eigenvalue weighted by Crippen LogP contribution is 2.22. The van der Waals surface area contributed by atoms with Gasteiger partial charge < -0.3 is 15.5 Å². The van der Waals surface area contributed by atoms with Gasteiger partial charge in [0.1, 0.15) is 6.07 Å². The minimum atomic E-state index is 0.461. The van der Waals surface area contributed by atoms with E-state index in [4.69, 9.17) is 11.0 Å². The number of anilines is 2. The molecule has 92 valence electrons. The van der Waals surface area contributed by atoms with Crippen molar-refractivity contribution in [3.63, 3.8) is 0 Å². The summed E-state index contributed by atoms with van der Waals surface area (Å²) in [5.41, 5.74) is 6.83. The Morgan fingerprint density at radius 3 is 2.65 bits per heavy atom. The monoisotopic (exact) mass is 233 g/mol. The molecule has 0 unspecified atom stereocenters. The Morgan fingerprint density at radius 1 is 1.35 bits per heavy atom. The van der Waals surface area contributed by atoms with E-state index in [9.17, 15) is 0 Å². The molecule has 0 aliphatic rings. The molecule has 0 saturated carbocycles. The minimum absolute atomic E-state index is 0.461. The second kappa shape index (κ2) is 6.06. The van der Waals surface area contributed by atoms with Crippen molar-refractivity contribution in [1.29, 1.82) is 5.26 Å². The van der Waals surface area contributed by atoms with E-state index in [1.165, 1.54) is 0 Å². The lowest BCUT2D eigenvalue weighted by Gasteiger charge is -2.21. The lowest BCUT2D eigenvalue weighted by atomic mass is 10.2. The summed E-state index contributed by atoms with van der Waals surface area (Å²) in [5, 5.41) is 8.89. The van der Waals surface area contributed by atoms with Crippen molar-refractivity contribution in [3.8, 4) is 6.07 Å². The zero-order chi connectivity index (χ0) is 12.8. The van der Waals surface area contributed by atoms with Gasteiger partial charge in [0.2, 0.25) is 0 Å². The fourth-order valence-electron chi connectivity index (χ4n) is 1.59. The van der Waals surface area contributed by atoms with Crippen LogP contribution >= 0.6 is 0 Å². The zero-order valence-electron chi connectivity index (χ0n) is 10.6. The molecule has 5 nitrogen and oxygen atoms in total. The van der Waals surface area contributed by atoms with Gasteiger partial charge in [-0.2, -0.15) is 5.26 Å². The number of hydrogen-bond acceptors (Lipinski definition) is 5. The summed E-state index contributed by atoms with van der Waals surface area (Å²) < 4.78 is 0. The Kier molecular flexibility index (Phi) is 4.73. The van der Waals surface area contributed by atoms with Crippen LogP contribution in [-0.2, 0) is 0 Å². The molecule has 1 aromatic heterocycles. The van der Waals surface area contributed by atoms with Crippen molar-refractivity contribution in [1.82, 2.24) is 9.88 Å². The molecule has 1 rings (SSSR count). The molecule has 0 bridgehead atoms. The molecule has 0 spiro atoms. The lowest BCUT2D eigenvalue weighted by Crippen LogP contribution is -2.25. The zero-order valence-corrected chi connectivity index (χ0v) is 10.6. The van der Waals surface area contributed by atoms with Crippen LogP contribution in [0.3, 0.4) is 0 Å². The molecule has 5 heteroatoms. The largest absolute Gasteiger partial charge is 0.395 e. The molecule has 17 heavy (non-hydrogen) atoms. The van der Waals surface area contributed by atoms with Gasteiger partial charge in [0.25, 0.3) is 0 Å². The van der Waals surface area contributed by atoms with Crippen molar-refractivity contribution in [2.24, 2.45) is 0 Å². The molecule has 2 N–H and O–H groups in total. The SMILES string of the molecule is CN(C)CCCN(C)c1nccc(C#N)c1N. The average molecular weight is 233 g/mol. The minimum Gasteiger partial charge on any atom is -0.395 e. The maximum absolute atomic E-state index is 8.89. The van der Waals surface area contributed by atoms with Crippen LogP contribution < -0.4 is 10.6 Å². The maximum atomic E-state index is 8.89. The third-order valence-corrected chi connectivity index (χ3v) is 2.55. The van der Waals surface area contributed by atoms with Gasteiger partial charge in [-0.15, -0.1) is 0 Å². The van der Waals surface area contributed by atoms with Crippen LogP contribution in [0.4, 0.5) is 11.5 Å². The summed E-state index contributed by atoms with van der Waals surface area (Å²) >= 11 is 0. The molecule has 0 saturated heterocycles. The van der Waals surface area contributed by atoms with Crippen molar-refractivity contribution in [2.75, 3.05) is 44.9 Å². The van der Waals surface area contributed by atoms with Crippen LogP contribution in [-0.4, -0.2) is 44.1 Å². The molecule has 1 aromatic rings. The summed E-state index contributed by atoms with van der Waals surface area (Å²) in [5.74, 6) is 0.683. The highest BCUT2D eigenvalue weighted by molar-refractivity contribution is 5.69. The molecule has 1 heterocycles. The number of nitrogens with zero attached hydrogens (tertiary/aromatic N) is 4. The van der Waals surface area contributed by atoms with Gasteiger partial charge in [0.15, 0.2) is 5.82 Å². The molecule has 0 atom stereocenters. The topological polar surface area (TPSA) is 69.2 Å². The highest BCUT2D eigenvalue weighted by Gasteiger charge is 2.10. The predicted octanol–water partition coefficient (Wildman–Crippen LogP) is 0.923. The third-order valence-electron chi connectivity index (χ3n) is 2.55. The fraction of sp³-hybridized carbons (Fsp3) is 0.500. The van der Waals surface area contributed by atoms with Gasteiger partial charge in [-0.25, -0.2) is 4.98 Å². The number of nitrogen functional groups attached to an aromatic ring is 1. The molecule has 0 aliphatic heterocycles. The van der Waals surface area contributed by atoms with E-state index in [1.54, 1.807) is 12.3 Å². The highest BCUT2D eigenvalue weighted by atomic mass is 15.2. The van der Waals surface area contributed by atoms with Crippen LogP contribution in [0.15, 0.2) is 12.3 Å². The van der Waals surface area contributed by atoms with Crippen molar-refractivity contribution < 1.29 is 0 Å². The number of hydrogen-bond donors (Lipinski definition) is 1.